The second-order valence-electron chi connectivity index (χ2n) is 6.51. The summed E-state index contributed by atoms with van der Waals surface area (Å²) in [7, 11) is 0. The van der Waals surface area contributed by atoms with E-state index in [0.29, 0.717) is 5.75 Å². The maximum absolute atomic E-state index is 12.4. The van der Waals surface area contributed by atoms with Gasteiger partial charge in [-0.1, -0.05) is 42.5 Å². The third-order valence-corrected chi connectivity index (χ3v) is 4.53. The van der Waals surface area contributed by atoms with Crippen molar-refractivity contribution in [1.29, 1.82) is 0 Å². The quantitative estimate of drug-likeness (QED) is 0.824. The van der Waals surface area contributed by atoms with Crippen molar-refractivity contribution in [3.8, 4) is 5.75 Å². The molecule has 25 heavy (non-hydrogen) atoms. The Hall–Kier alpha value is -2.82. The molecular formula is C20H22N2O3. The lowest BCUT2D eigenvalue weighted by Crippen LogP contribution is -2.48. The molecule has 5 heteroatoms. The maximum atomic E-state index is 12.4. The highest BCUT2D eigenvalue weighted by molar-refractivity contribution is 5.92. The first-order chi connectivity index (χ1) is 12.0. The molecule has 1 aliphatic rings. The van der Waals surface area contributed by atoms with Crippen LogP contribution in [0.4, 0.5) is 0 Å². The molecular weight excluding hydrogens is 316 g/mol. The number of amides is 2. The highest BCUT2D eigenvalue weighted by Gasteiger charge is 2.51. The molecule has 0 bridgehead atoms. The number of hydrazine groups is 1. The van der Waals surface area contributed by atoms with E-state index in [9.17, 15) is 9.59 Å². The molecule has 1 fully saturated rings. The van der Waals surface area contributed by atoms with Gasteiger partial charge in [-0.15, -0.1) is 0 Å². The monoisotopic (exact) mass is 338 g/mol. The summed E-state index contributed by atoms with van der Waals surface area (Å²) in [6.07, 6.45) is 1.58. The van der Waals surface area contributed by atoms with Crippen LogP contribution in [-0.4, -0.2) is 18.4 Å². The van der Waals surface area contributed by atoms with Gasteiger partial charge in [0.15, 0.2) is 6.61 Å². The molecule has 2 aromatic rings. The summed E-state index contributed by atoms with van der Waals surface area (Å²) in [5.74, 6) is 0.0985. The minimum Gasteiger partial charge on any atom is -0.483 e. The lowest BCUT2D eigenvalue weighted by molar-refractivity contribution is -0.131. The number of hydrogen-bond donors (Lipinski definition) is 2. The predicted molar refractivity (Wildman–Crippen MR) is 95.1 cm³/mol. The molecule has 2 amide bonds. The largest absolute Gasteiger partial charge is 0.483 e. The fraction of sp³-hybridized carbons (Fsp3) is 0.300. The van der Waals surface area contributed by atoms with Crippen LogP contribution in [0.3, 0.4) is 0 Å². The lowest BCUT2D eigenvalue weighted by Gasteiger charge is -2.16. The fourth-order valence-corrected chi connectivity index (χ4v) is 2.82. The summed E-state index contributed by atoms with van der Waals surface area (Å²) >= 11 is 0. The summed E-state index contributed by atoms with van der Waals surface area (Å²) in [4.78, 5) is 24.4. The van der Waals surface area contributed by atoms with Crippen LogP contribution in [0.2, 0.25) is 0 Å². The van der Waals surface area contributed by atoms with Gasteiger partial charge in [0.2, 0.25) is 5.91 Å². The zero-order chi connectivity index (χ0) is 17.9. The second kappa shape index (κ2) is 6.97. The Morgan fingerprint density at radius 3 is 2.44 bits per heavy atom. The van der Waals surface area contributed by atoms with Crippen molar-refractivity contribution in [2.24, 2.45) is 0 Å². The van der Waals surface area contributed by atoms with Gasteiger partial charge in [-0.05, 0) is 49.4 Å². The first kappa shape index (κ1) is 17.0. The van der Waals surface area contributed by atoms with Crippen molar-refractivity contribution in [2.75, 3.05) is 6.61 Å². The molecule has 0 aromatic heterocycles. The van der Waals surface area contributed by atoms with E-state index in [4.69, 9.17) is 4.74 Å². The van der Waals surface area contributed by atoms with Crippen molar-refractivity contribution in [2.45, 2.75) is 32.1 Å². The van der Waals surface area contributed by atoms with Crippen LogP contribution in [0.5, 0.6) is 5.75 Å². The first-order valence-electron chi connectivity index (χ1n) is 8.36. The van der Waals surface area contributed by atoms with Crippen LogP contribution >= 0.6 is 0 Å². The van der Waals surface area contributed by atoms with E-state index in [1.165, 1.54) is 0 Å². The van der Waals surface area contributed by atoms with E-state index in [1.54, 1.807) is 0 Å². The van der Waals surface area contributed by atoms with Gasteiger partial charge >= 0.3 is 0 Å². The van der Waals surface area contributed by atoms with Gasteiger partial charge in [0, 0.05) is 0 Å². The van der Waals surface area contributed by atoms with Gasteiger partial charge in [-0.3, -0.25) is 20.4 Å². The molecule has 1 aliphatic carbocycles. The predicted octanol–water partition coefficient (Wildman–Crippen LogP) is 2.56. The molecule has 0 radical (unpaired) electrons. The third-order valence-electron chi connectivity index (χ3n) is 4.53. The van der Waals surface area contributed by atoms with Crippen molar-refractivity contribution in [3.05, 3.63) is 65.2 Å². The minimum atomic E-state index is -0.511. The van der Waals surface area contributed by atoms with E-state index < -0.39 is 11.3 Å². The van der Waals surface area contributed by atoms with Crippen LogP contribution < -0.4 is 15.6 Å². The standard InChI is InChI=1S/C20H22N2O3/c1-14-8-9-15(2)17(12-14)25-13-18(23)21-22-19(24)20(10-11-20)16-6-4-3-5-7-16/h3-9,12H,10-11,13H2,1-2H3,(H,21,23)(H,22,24). The van der Waals surface area contributed by atoms with Crippen LogP contribution in [0, 0.1) is 13.8 Å². The topological polar surface area (TPSA) is 67.4 Å². The minimum absolute atomic E-state index is 0.150. The van der Waals surface area contributed by atoms with Crippen LogP contribution in [0.1, 0.15) is 29.5 Å². The number of carbonyl (C=O) groups is 2. The highest BCUT2D eigenvalue weighted by Crippen LogP contribution is 2.48. The number of ether oxygens (including phenoxy) is 1. The van der Waals surface area contributed by atoms with E-state index in [2.05, 4.69) is 10.9 Å². The second-order valence-corrected chi connectivity index (χ2v) is 6.51. The molecule has 0 heterocycles. The zero-order valence-corrected chi connectivity index (χ0v) is 14.5. The van der Waals surface area contributed by atoms with Crippen LogP contribution in [0.25, 0.3) is 0 Å². The van der Waals surface area contributed by atoms with Gasteiger partial charge in [-0.25, -0.2) is 0 Å². The molecule has 2 N–H and O–H groups in total. The van der Waals surface area contributed by atoms with Crippen molar-refractivity contribution >= 4 is 11.8 Å². The molecule has 130 valence electrons. The Balaban J connectivity index is 1.51. The van der Waals surface area contributed by atoms with Crippen LogP contribution in [-0.2, 0) is 15.0 Å². The van der Waals surface area contributed by atoms with E-state index in [-0.39, 0.29) is 12.5 Å². The van der Waals surface area contributed by atoms with Gasteiger partial charge in [-0.2, -0.15) is 0 Å². The summed E-state index contributed by atoms with van der Waals surface area (Å²) in [5.41, 5.74) is 7.46. The van der Waals surface area contributed by atoms with E-state index >= 15 is 0 Å². The van der Waals surface area contributed by atoms with Crippen molar-refractivity contribution < 1.29 is 14.3 Å². The molecule has 3 rings (SSSR count). The molecule has 0 saturated heterocycles. The third kappa shape index (κ3) is 3.82. The zero-order valence-electron chi connectivity index (χ0n) is 14.5. The molecule has 5 nitrogen and oxygen atoms in total. The number of aryl methyl sites for hydroxylation is 2. The molecule has 0 atom stereocenters. The van der Waals surface area contributed by atoms with Crippen molar-refractivity contribution in [3.63, 3.8) is 0 Å². The summed E-state index contributed by atoms with van der Waals surface area (Å²) in [5, 5.41) is 0. The molecule has 0 unspecified atom stereocenters. The average Bonchev–Trinajstić information content (AvgIpc) is 3.43. The number of nitrogens with one attached hydrogen (secondary N) is 2. The summed E-state index contributed by atoms with van der Waals surface area (Å²) in [6.45, 7) is 3.74. The molecule has 0 aliphatic heterocycles. The van der Waals surface area contributed by atoms with E-state index in [1.807, 2.05) is 62.4 Å². The molecule has 0 spiro atoms. The van der Waals surface area contributed by atoms with Crippen LogP contribution in [0.15, 0.2) is 48.5 Å². The summed E-state index contributed by atoms with van der Waals surface area (Å²) in [6, 6.07) is 15.5. The Labute approximate surface area is 147 Å². The number of benzene rings is 2. The number of carbonyl (C=O) groups excluding carboxylic acids is 2. The smallest absolute Gasteiger partial charge is 0.276 e. The molecule has 1 saturated carbocycles. The fourth-order valence-electron chi connectivity index (χ4n) is 2.82. The highest BCUT2D eigenvalue weighted by atomic mass is 16.5. The first-order valence-corrected chi connectivity index (χ1v) is 8.36. The Bertz CT molecular complexity index is 783. The number of rotatable bonds is 5. The van der Waals surface area contributed by atoms with E-state index in [0.717, 1.165) is 29.5 Å². The average molecular weight is 338 g/mol. The van der Waals surface area contributed by atoms with Crippen molar-refractivity contribution in [1.82, 2.24) is 10.9 Å². The summed E-state index contributed by atoms with van der Waals surface area (Å²) < 4.78 is 5.53. The lowest BCUT2D eigenvalue weighted by atomic mass is 9.95. The van der Waals surface area contributed by atoms with Gasteiger partial charge in [0.25, 0.3) is 5.91 Å². The van der Waals surface area contributed by atoms with Gasteiger partial charge in [0.05, 0.1) is 5.41 Å². The Morgan fingerprint density at radius 2 is 1.76 bits per heavy atom. The Morgan fingerprint density at radius 1 is 1.04 bits per heavy atom. The normalized spacial score (nSPS) is 14.5. The van der Waals surface area contributed by atoms with Gasteiger partial charge in [0.1, 0.15) is 5.75 Å². The number of hydrogen-bond acceptors (Lipinski definition) is 3. The molecule has 2 aromatic carbocycles. The maximum Gasteiger partial charge on any atom is 0.276 e. The SMILES string of the molecule is Cc1ccc(C)c(OCC(=O)NNC(=O)C2(c3ccccc3)CC2)c1. The van der Waals surface area contributed by atoms with Gasteiger partial charge < -0.3 is 4.74 Å². The Kier molecular flexibility index (Phi) is 4.74.